The third-order valence-electron chi connectivity index (χ3n) is 2.79. The van der Waals surface area contributed by atoms with Gasteiger partial charge in [0, 0.05) is 6.08 Å². The van der Waals surface area contributed by atoms with Gasteiger partial charge in [-0.1, -0.05) is 51.5 Å². The van der Waals surface area contributed by atoms with Gasteiger partial charge in [-0.3, -0.25) is 0 Å². The maximum atomic E-state index is 10.9. The average molecular weight is 246 g/mol. The van der Waals surface area contributed by atoms with Crippen LogP contribution in [0, 0.1) is 5.92 Å². The van der Waals surface area contributed by atoms with E-state index in [0.717, 1.165) is 30.4 Å². The molecule has 0 aliphatic rings. The molecule has 0 amide bonds. The van der Waals surface area contributed by atoms with Crippen molar-refractivity contribution in [1.29, 1.82) is 0 Å². The molecule has 0 aliphatic heterocycles. The number of benzene rings is 1. The zero-order chi connectivity index (χ0) is 13.5. The van der Waals surface area contributed by atoms with Gasteiger partial charge >= 0.3 is 5.97 Å². The molecule has 2 nitrogen and oxygen atoms in total. The zero-order valence-corrected chi connectivity index (χ0v) is 11.4. The predicted molar refractivity (Wildman–Crippen MR) is 75.5 cm³/mol. The van der Waals surface area contributed by atoms with Crippen molar-refractivity contribution in [1.82, 2.24) is 0 Å². The topological polar surface area (TPSA) is 37.3 Å². The first-order chi connectivity index (χ1) is 8.52. The van der Waals surface area contributed by atoms with Gasteiger partial charge < -0.3 is 5.11 Å². The Morgan fingerprint density at radius 1 is 1.28 bits per heavy atom. The van der Waals surface area contributed by atoms with Gasteiger partial charge in [-0.15, -0.1) is 0 Å². The van der Waals surface area contributed by atoms with Gasteiger partial charge in [0.05, 0.1) is 0 Å². The normalized spacial score (nSPS) is 11.9. The minimum Gasteiger partial charge on any atom is -0.478 e. The van der Waals surface area contributed by atoms with Gasteiger partial charge in [0.25, 0.3) is 0 Å². The van der Waals surface area contributed by atoms with Crippen molar-refractivity contribution < 1.29 is 9.90 Å². The second-order valence-corrected chi connectivity index (χ2v) is 5.05. The molecule has 1 rings (SSSR count). The molecule has 0 fully saturated rings. The average Bonchev–Trinajstić information content (AvgIpc) is 2.28. The third-order valence-corrected chi connectivity index (χ3v) is 2.79. The van der Waals surface area contributed by atoms with E-state index in [0.29, 0.717) is 5.92 Å². The Morgan fingerprint density at radius 3 is 2.33 bits per heavy atom. The number of hydrogen-bond donors (Lipinski definition) is 1. The molecule has 98 valence electrons. The minimum atomic E-state index is -0.872. The number of aryl methyl sites for hydroxylation is 1. The second-order valence-electron chi connectivity index (χ2n) is 5.05. The summed E-state index contributed by atoms with van der Waals surface area (Å²) in [6, 6.07) is 8.24. The van der Waals surface area contributed by atoms with E-state index < -0.39 is 5.97 Å². The van der Waals surface area contributed by atoms with Crippen LogP contribution in [0.3, 0.4) is 0 Å². The lowest BCUT2D eigenvalue weighted by molar-refractivity contribution is -0.131. The molecule has 1 aromatic rings. The number of allylic oxidation sites excluding steroid dienone is 1. The Labute approximate surface area is 109 Å². The molecule has 0 unspecified atom stereocenters. The quantitative estimate of drug-likeness (QED) is 0.765. The summed E-state index contributed by atoms with van der Waals surface area (Å²) >= 11 is 0. The van der Waals surface area contributed by atoms with E-state index >= 15 is 0 Å². The molecule has 0 aromatic heterocycles. The summed E-state index contributed by atoms with van der Waals surface area (Å²) in [4.78, 5) is 10.9. The Bertz CT molecular complexity index is 413. The van der Waals surface area contributed by atoms with E-state index in [4.69, 9.17) is 5.11 Å². The number of rotatable bonds is 6. The Balaban J connectivity index is 2.95. The Morgan fingerprint density at radius 2 is 1.89 bits per heavy atom. The summed E-state index contributed by atoms with van der Waals surface area (Å²) in [5.74, 6) is -0.422. The van der Waals surface area contributed by atoms with Crippen molar-refractivity contribution >= 4 is 11.5 Å². The summed E-state index contributed by atoms with van der Waals surface area (Å²) in [5, 5.41) is 8.92. The third kappa shape index (κ3) is 4.74. The first-order valence-electron chi connectivity index (χ1n) is 6.55. The Kier molecular flexibility index (Phi) is 5.63. The molecule has 1 N–H and O–H groups in total. The van der Waals surface area contributed by atoms with E-state index in [1.807, 2.05) is 12.1 Å². The number of carboxylic acids is 1. The van der Waals surface area contributed by atoms with Crippen LogP contribution < -0.4 is 0 Å². The van der Waals surface area contributed by atoms with Crippen molar-refractivity contribution in [3.05, 3.63) is 41.5 Å². The van der Waals surface area contributed by atoms with Crippen molar-refractivity contribution in [3.63, 3.8) is 0 Å². The zero-order valence-electron chi connectivity index (χ0n) is 11.4. The molecule has 18 heavy (non-hydrogen) atoms. The summed E-state index contributed by atoms with van der Waals surface area (Å²) < 4.78 is 0. The maximum Gasteiger partial charge on any atom is 0.328 e. The fraction of sp³-hybridized carbons (Fsp3) is 0.438. The standard InChI is InChI=1S/C16H22O2/c1-4-5-13-6-8-14(9-7-13)15(10-12(2)3)11-16(17)18/h6-9,11-12H,4-5,10H2,1-3H3,(H,17,18)/b15-11+. The molecule has 1 aromatic carbocycles. The molecule has 0 saturated heterocycles. The molecule has 0 radical (unpaired) electrons. The van der Waals surface area contributed by atoms with E-state index in [2.05, 4.69) is 32.9 Å². The number of aliphatic carboxylic acids is 1. The molecule has 0 aliphatic carbocycles. The second kappa shape index (κ2) is 7.00. The highest BCUT2D eigenvalue weighted by Gasteiger charge is 2.07. The highest BCUT2D eigenvalue weighted by molar-refractivity contribution is 5.90. The Hall–Kier alpha value is -1.57. The SMILES string of the molecule is CCCc1ccc(/C(=C/C(=O)O)CC(C)C)cc1. The van der Waals surface area contributed by atoms with Crippen molar-refractivity contribution in [2.45, 2.75) is 40.0 Å². The first-order valence-corrected chi connectivity index (χ1v) is 6.55. The van der Waals surface area contributed by atoms with Crippen LogP contribution in [0.25, 0.3) is 5.57 Å². The fourth-order valence-electron chi connectivity index (χ4n) is 2.02. The van der Waals surface area contributed by atoms with Crippen LogP contribution in [-0.2, 0) is 11.2 Å². The van der Waals surface area contributed by atoms with Crippen LogP contribution >= 0.6 is 0 Å². The summed E-state index contributed by atoms with van der Waals surface area (Å²) in [6.07, 6.45) is 4.32. The van der Waals surface area contributed by atoms with Gasteiger partial charge in [-0.05, 0) is 35.5 Å². The van der Waals surface area contributed by atoms with E-state index in [1.54, 1.807) is 0 Å². The van der Waals surface area contributed by atoms with Crippen molar-refractivity contribution in [2.24, 2.45) is 5.92 Å². The van der Waals surface area contributed by atoms with Crippen LogP contribution in [0.2, 0.25) is 0 Å². The van der Waals surface area contributed by atoms with Crippen LogP contribution in [0.15, 0.2) is 30.3 Å². The molecular weight excluding hydrogens is 224 g/mol. The maximum absolute atomic E-state index is 10.9. The molecule has 2 heteroatoms. The van der Waals surface area contributed by atoms with Crippen LogP contribution in [0.5, 0.6) is 0 Å². The van der Waals surface area contributed by atoms with Gasteiger partial charge in [0.15, 0.2) is 0 Å². The molecular formula is C16H22O2. The lowest BCUT2D eigenvalue weighted by Crippen LogP contribution is -1.97. The van der Waals surface area contributed by atoms with Crippen molar-refractivity contribution in [2.75, 3.05) is 0 Å². The molecule has 0 heterocycles. The van der Waals surface area contributed by atoms with Crippen LogP contribution in [0.1, 0.15) is 44.7 Å². The lowest BCUT2D eigenvalue weighted by Gasteiger charge is -2.10. The summed E-state index contributed by atoms with van der Waals surface area (Å²) in [7, 11) is 0. The van der Waals surface area contributed by atoms with E-state index in [9.17, 15) is 4.79 Å². The highest BCUT2D eigenvalue weighted by atomic mass is 16.4. The van der Waals surface area contributed by atoms with Gasteiger partial charge in [0.1, 0.15) is 0 Å². The first kappa shape index (κ1) is 14.5. The highest BCUT2D eigenvalue weighted by Crippen LogP contribution is 2.23. The van der Waals surface area contributed by atoms with E-state index in [1.165, 1.54) is 11.6 Å². The van der Waals surface area contributed by atoms with Crippen LogP contribution in [0.4, 0.5) is 0 Å². The monoisotopic (exact) mass is 246 g/mol. The molecule has 0 bridgehead atoms. The molecule has 0 spiro atoms. The smallest absolute Gasteiger partial charge is 0.328 e. The molecule has 0 atom stereocenters. The summed E-state index contributed by atoms with van der Waals surface area (Å²) in [6.45, 7) is 6.35. The van der Waals surface area contributed by atoms with Crippen molar-refractivity contribution in [3.8, 4) is 0 Å². The van der Waals surface area contributed by atoms with E-state index in [-0.39, 0.29) is 0 Å². The molecule has 0 saturated carbocycles. The predicted octanol–water partition coefficient (Wildman–Crippen LogP) is 4.15. The number of carboxylic acid groups (broad SMARTS) is 1. The lowest BCUT2D eigenvalue weighted by atomic mass is 9.95. The fourth-order valence-corrected chi connectivity index (χ4v) is 2.02. The summed E-state index contributed by atoms with van der Waals surface area (Å²) in [5.41, 5.74) is 3.23. The van der Waals surface area contributed by atoms with Crippen LogP contribution in [-0.4, -0.2) is 11.1 Å². The van der Waals surface area contributed by atoms with Gasteiger partial charge in [-0.25, -0.2) is 4.79 Å². The minimum absolute atomic E-state index is 0.450. The largest absolute Gasteiger partial charge is 0.478 e. The number of hydrogen-bond acceptors (Lipinski definition) is 1. The van der Waals surface area contributed by atoms with Gasteiger partial charge in [0.2, 0.25) is 0 Å². The van der Waals surface area contributed by atoms with Gasteiger partial charge in [-0.2, -0.15) is 0 Å². The number of carbonyl (C=O) groups is 1.